The van der Waals surface area contributed by atoms with Gasteiger partial charge in [-0.1, -0.05) is 6.92 Å². The summed E-state index contributed by atoms with van der Waals surface area (Å²) in [6.45, 7) is 4.28. The Morgan fingerprint density at radius 3 is 2.58 bits per heavy atom. The van der Waals surface area contributed by atoms with E-state index in [0.29, 0.717) is 16.7 Å². The fourth-order valence-electron chi connectivity index (χ4n) is 1.81. The average molecular weight is 390 g/mol. The minimum absolute atomic E-state index is 0.0846. The third-order valence-electron chi connectivity index (χ3n) is 2.98. The number of aromatic nitrogens is 4. The standard InChI is InChI=1S/C12H14Br2N4O/c1-4-8-11(14)9(17(3)16-8)5-18-6-15-7(2)10(13)12(18)19/h6H,4-5H2,1-3H3. The van der Waals surface area contributed by atoms with Crippen LogP contribution in [0.1, 0.15) is 24.0 Å². The van der Waals surface area contributed by atoms with Crippen molar-refractivity contribution in [2.75, 3.05) is 0 Å². The van der Waals surface area contributed by atoms with Crippen LogP contribution in [0.25, 0.3) is 0 Å². The summed E-state index contributed by atoms with van der Waals surface area (Å²) in [7, 11) is 1.88. The Hall–Kier alpha value is -0.950. The highest BCUT2D eigenvalue weighted by Crippen LogP contribution is 2.22. The van der Waals surface area contributed by atoms with Gasteiger partial charge in [0.1, 0.15) is 4.47 Å². The lowest BCUT2D eigenvalue weighted by molar-refractivity contribution is 0.637. The molecule has 0 aliphatic heterocycles. The van der Waals surface area contributed by atoms with E-state index in [0.717, 1.165) is 22.3 Å². The summed E-state index contributed by atoms with van der Waals surface area (Å²) in [5.74, 6) is 0. The number of rotatable bonds is 3. The summed E-state index contributed by atoms with van der Waals surface area (Å²) in [6, 6.07) is 0. The molecule has 0 aliphatic rings. The maximum Gasteiger partial charge on any atom is 0.268 e. The smallest absolute Gasteiger partial charge is 0.268 e. The Bertz CT molecular complexity index is 675. The second-order valence-electron chi connectivity index (χ2n) is 4.26. The van der Waals surface area contributed by atoms with Crippen LogP contribution in [0.3, 0.4) is 0 Å². The number of halogens is 2. The molecule has 0 fully saturated rings. The molecule has 7 heteroatoms. The molecule has 2 rings (SSSR count). The van der Waals surface area contributed by atoms with Crippen LogP contribution in [0.4, 0.5) is 0 Å². The van der Waals surface area contributed by atoms with Crippen LogP contribution in [0, 0.1) is 6.92 Å². The van der Waals surface area contributed by atoms with Gasteiger partial charge in [0.15, 0.2) is 0 Å². The predicted octanol–water partition coefficient (Wildman–Crippen LogP) is 2.42. The summed E-state index contributed by atoms with van der Waals surface area (Å²) in [4.78, 5) is 16.3. The van der Waals surface area contributed by atoms with E-state index in [1.807, 2.05) is 14.0 Å². The molecule has 0 saturated heterocycles. The van der Waals surface area contributed by atoms with Gasteiger partial charge < -0.3 is 0 Å². The monoisotopic (exact) mass is 388 g/mol. The van der Waals surface area contributed by atoms with Gasteiger partial charge in [0.2, 0.25) is 0 Å². The Balaban J connectivity index is 2.45. The number of nitrogens with zero attached hydrogens (tertiary/aromatic N) is 4. The molecule has 0 unspecified atom stereocenters. The lowest BCUT2D eigenvalue weighted by Gasteiger charge is -2.07. The number of hydrogen-bond donors (Lipinski definition) is 0. The second kappa shape index (κ2) is 5.58. The third kappa shape index (κ3) is 2.67. The third-order valence-corrected chi connectivity index (χ3v) is 4.81. The highest BCUT2D eigenvalue weighted by atomic mass is 79.9. The van der Waals surface area contributed by atoms with Crippen LogP contribution < -0.4 is 5.56 Å². The first kappa shape index (κ1) is 14.5. The Morgan fingerprint density at radius 1 is 1.32 bits per heavy atom. The summed E-state index contributed by atoms with van der Waals surface area (Å²) in [6.07, 6.45) is 2.41. The molecule has 0 atom stereocenters. The van der Waals surface area contributed by atoms with Crippen LogP contribution in [-0.2, 0) is 20.0 Å². The molecule has 0 radical (unpaired) electrons. The number of hydrogen-bond acceptors (Lipinski definition) is 3. The zero-order valence-corrected chi connectivity index (χ0v) is 14.1. The molecule has 2 aromatic rings. The number of aryl methyl sites for hydroxylation is 3. The SMILES string of the molecule is CCc1nn(C)c(Cn2cnc(C)c(Br)c2=O)c1Br. The van der Waals surface area contributed by atoms with Crippen LogP contribution in [-0.4, -0.2) is 19.3 Å². The van der Waals surface area contributed by atoms with Crippen molar-refractivity contribution in [1.82, 2.24) is 19.3 Å². The fourth-order valence-corrected chi connectivity index (χ4v) is 2.88. The molecule has 0 aromatic carbocycles. The largest absolute Gasteiger partial charge is 0.292 e. The molecular weight excluding hydrogens is 376 g/mol. The molecule has 0 amide bonds. The fraction of sp³-hybridized carbons (Fsp3) is 0.417. The van der Waals surface area contributed by atoms with Gasteiger partial charge in [0.25, 0.3) is 5.56 Å². The van der Waals surface area contributed by atoms with Crippen molar-refractivity contribution in [2.45, 2.75) is 26.8 Å². The van der Waals surface area contributed by atoms with Gasteiger partial charge in [-0.05, 0) is 45.2 Å². The van der Waals surface area contributed by atoms with Gasteiger partial charge in [0.05, 0.1) is 34.4 Å². The first-order valence-electron chi connectivity index (χ1n) is 5.87. The lowest BCUT2D eigenvalue weighted by Crippen LogP contribution is -2.23. The van der Waals surface area contributed by atoms with Crippen molar-refractivity contribution >= 4 is 31.9 Å². The van der Waals surface area contributed by atoms with E-state index in [4.69, 9.17) is 0 Å². The Labute approximate surface area is 127 Å². The molecule has 2 aromatic heterocycles. The van der Waals surface area contributed by atoms with Crippen molar-refractivity contribution in [3.8, 4) is 0 Å². The van der Waals surface area contributed by atoms with Gasteiger partial charge in [-0.3, -0.25) is 14.0 Å². The lowest BCUT2D eigenvalue weighted by atomic mass is 10.3. The molecule has 102 valence electrons. The van der Waals surface area contributed by atoms with E-state index in [1.165, 1.54) is 0 Å². The molecule has 0 N–H and O–H groups in total. The zero-order chi connectivity index (χ0) is 14.2. The van der Waals surface area contributed by atoms with Crippen molar-refractivity contribution in [2.24, 2.45) is 7.05 Å². The maximum atomic E-state index is 12.1. The van der Waals surface area contributed by atoms with E-state index in [-0.39, 0.29) is 5.56 Å². The topological polar surface area (TPSA) is 52.7 Å². The summed E-state index contributed by atoms with van der Waals surface area (Å²) < 4.78 is 4.83. The van der Waals surface area contributed by atoms with Crippen molar-refractivity contribution < 1.29 is 0 Å². The zero-order valence-electron chi connectivity index (χ0n) is 10.9. The van der Waals surface area contributed by atoms with Crippen LogP contribution >= 0.6 is 31.9 Å². The molecule has 0 spiro atoms. The van der Waals surface area contributed by atoms with Crippen LogP contribution in [0.15, 0.2) is 20.1 Å². The molecule has 0 aliphatic carbocycles. The summed E-state index contributed by atoms with van der Waals surface area (Å²) in [5, 5.41) is 4.42. The van der Waals surface area contributed by atoms with Crippen LogP contribution in [0.2, 0.25) is 0 Å². The second-order valence-corrected chi connectivity index (χ2v) is 5.85. The maximum absolute atomic E-state index is 12.1. The van der Waals surface area contributed by atoms with E-state index in [1.54, 1.807) is 22.5 Å². The Morgan fingerprint density at radius 2 is 2.00 bits per heavy atom. The molecule has 19 heavy (non-hydrogen) atoms. The van der Waals surface area contributed by atoms with E-state index >= 15 is 0 Å². The molecule has 0 saturated carbocycles. The molecular formula is C12H14Br2N4O. The van der Waals surface area contributed by atoms with E-state index < -0.39 is 0 Å². The van der Waals surface area contributed by atoms with Crippen LogP contribution in [0.5, 0.6) is 0 Å². The Kier molecular flexibility index (Phi) is 4.25. The first-order chi connectivity index (χ1) is 8.95. The molecule has 2 heterocycles. The van der Waals surface area contributed by atoms with E-state index in [9.17, 15) is 4.79 Å². The molecule has 5 nitrogen and oxygen atoms in total. The van der Waals surface area contributed by atoms with E-state index in [2.05, 4.69) is 41.9 Å². The first-order valence-corrected chi connectivity index (χ1v) is 7.46. The van der Waals surface area contributed by atoms with Gasteiger partial charge in [-0.2, -0.15) is 5.10 Å². The predicted molar refractivity (Wildman–Crippen MR) is 80.3 cm³/mol. The summed E-state index contributed by atoms with van der Waals surface area (Å²) >= 11 is 6.82. The van der Waals surface area contributed by atoms with Crippen molar-refractivity contribution in [3.05, 3.63) is 42.7 Å². The van der Waals surface area contributed by atoms with Gasteiger partial charge in [-0.25, -0.2) is 4.98 Å². The molecule has 0 bridgehead atoms. The quantitative estimate of drug-likeness (QED) is 0.809. The van der Waals surface area contributed by atoms with Gasteiger partial charge in [0, 0.05) is 7.05 Å². The minimum Gasteiger partial charge on any atom is -0.292 e. The van der Waals surface area contributed by atoms with Crippen molar-refractivity contribution in [1.29, 1.82) is 0 Å². The van der Waals surface area contributed by atoms with Gasteiger partial charge in [-0.15, -0.1) is 0 Å². The summed E-state index contributed by atoms with van der Waals surface area (Å²) in [5.41, 5.74) is 2.56. The minimum atomic E-state index is -0.0846. The highest BCUT2D eigenvalue weighted by Gasteiger charge is 2.14. The normalized spacial score (nSPS) is 11.0. The van der Waals surface area contributed by atoms with Gasteiger partial charge >= 0.3 is 0 Å². The highest BCUT2D eigenvalue weighted by molar-refractivity contribution is 9.10. The van der Waals surface area contributed by atoms with Crippen molar-refractivity contribution in [3.63, 3.8) is 0 Å². The average Bonchev–Trinajstić information content (AvgIpc) is 2.66.